The van der Waals surface area contributed by atoms with Crippen LogP contribution in [0.15, 0.2) is 42.5 Å². The minimum absolute atomic E-state index is 0.0279. The number of aromatic nitrogens is 2. The third kappa shape index (κ3) is 4.88. The highest BCUT2D eigenvalue weighted by Gasteiger charge is 2.30. The molecule has 0 unspecified atom stereocenters. The fourth-order valence-corrected chi connectivity index (χ4v) is 4.79. The van der Waals surface area contributed by atoms with E-state index in [1.807, 2.05) is 56.3 Å². The van der Waals surface area contributed by atoms with Crippen molar-refractivity contribution < 1.29 is 13.2 Å². The molecule has 1 aromatic heterocycles. The summed E-state index contributed by atoms with van der Waals surface area (Å²) in [7, 11) is -3.29. The number of carbonyl (C=O) groups excluding carboxylic acids is 1. The molecule has 158 valence electrons. The van der Waals surface area contributed by atoms with Crippen molar-refractivity contribution in [3.8, 4) is 11.1 Å². The number of H-pyrrole nitrogens is 1. The quantitative estimate of drug-likeness (QED) is 0.511. The van der Waals surface area contributed by atoms with Crippen LogP contribution in [0, 0.1) is 11.8 Å². The first-order valence-electron chi connectivity index (χ1n) is 10.2. The standard InChI is InChI=1S/C22H26N4O3S/c1-14(2)13-30(28,29)23-12-15-4-3-5-17(10-15)18-8-9-19-20(11-18)25-26-21(19)24-22(27)16-6-7-16/h3-5,8-11,14,16,23H,6-7,12-13H2,1-2H3,(H2,24,25,26,27). The van der Waals surface area contributed by atoms with Crippen LogP contribution in [0.3, 0.4) is 0 Å². The highest BCUT2D eigenvalue weighted by atomic mass is 32.2. The van der Waals surface area contributed by atoms with Crippen LogP contribution >= 0.6 is 0 Å². The van der Waals surface area contributed by atoms with E-state index in [4.69, 9.17) is 0 Å². The van der Waals surface area contributed by atoms with E-state index in [2.05, 4.69) is 20.2 Å². The lowest BCUT2D eigenvalue weighted by Crippen LogP contribution is -2.28. The monoisotopic (exact) mass is 426 g/mol. The molecule has 1 saturated carbocycles. The molecule has 1 aliphatic rings. The van der Waals surface area contributed by atoms with Gasteiger partial charge in [-0.25, -0.2) is 13.1 Å². The molecule has 1 amide bonds. The van der Waals surface area contributed by atoms with Crippen molar-refractivity contribution in [2.24, 2.45) is 11.8 Å². The normalized spacial score (nSPS) is 14.4. The second-order valence-electron chi connectivity index (χ2n) is 8.29. The average molecular weight is 427 g/mol. The molecule has 0 spiro atoms. The van der Waals surface area contributed by atoms with Crippen molar-refractivity contribution in [2.75, 3.05) is 11.1 Å². The molecule has 3 N–H and O–H groups in total. The Labute approximate surface area is 176 Å². The van der Waals surface area contributed by atoms with Gasteiger partial charge in [0.15, 0.2) is 5.82 Å². The Balaban J connectivity index is 1.51. The summed E-state index contributed by atoms with van der Waals surface area (Å²) in [4.78, 5) is 12.0. The lowest BCUT2D eigenvalue weighted by atomic mass is 10.0. The van der Waals surface area contributed by atoms with E-state index in [-0.39, 0.29) is 30.0 Å². The predicted molar refractivity (Wildman–Crippen MR) is 118 cm³/mol. The first-order chi connectivity index (χ1) is 14.3. The van der Waals surface area contributed by atoms with Crippen LogP contribution in [0.4, 0.5) is 5.82 Å². The van der Waals surface area contributed by atoms with Gasteiger partial charge in [-0.2, -0.15) is 5.10 Å². The molecule has 1 heterocycles. The van der Waals surface area contributed by atoms with Crippen molar-refractivity contribution in [3.05, 3.63) is 48.0 Å². The molecule has 2 aromatic carbocycles. The number of benzene rings is 2. The summed E-state index contributed by atoms with van der Waals surface area (Å²) in [6.07, 6.45) is 1.89. The molecule has 1 aliphatic carbocycles. The van der Waals surface area contributed by atoms with E-state index < -0.39 is 10.0 Å². The molecular formula is C22H26N4O3S. The van der Waals surface area contributed by atoms with E-state index in [9.17, 15) is 13.2 Å². The number of carbonyl (C=O) groups is 1. The number of sulfonamides is 1. The summed E-state index contributed by atoms with van der Waals surface area (Å²) in [5, 5.41) is 11.0. The average Bonchev–Trinajstić information content (AvgIpc) is 3.48. The summed E-state index contributed by atoms with van der Waals surface area (Å²) >= 11 is 0. The maximum atomic E-state index is 12.1. The maximum Gasteiger partial charge on any atom is 0.228 e. The molecule has 8 heteroatoms. The van der Waals surface area contributed by atoms with Gasteiger partial charge in [0, 0.05) is 17.8 Å². The Morgan fingerprint density at radius 3 is 2.67 bits per heavy atom. The molecule has 7 nitrogen and oxygen atoms in total. The van der Waals surface area contributed by atoms with Crippen molar-refractivity contribution >= 4 is 32.7 Å². The predicted octanol–water partition coefficient (Wildman–Crippen LogP) is 3.65. The van der Waals surface area contributed by atoms with E-state index >= 15 is 0 Å². The van der Waals surface area contributed by atoms with E-state index in [1.54, 1.807) is 0 Å². The summed E-state index contributed by atoms with van der Waals surface area (Å²) in [6.45, 7) is 4.02. The Kier molecular flexibility index (Phi) is 5.62. The maximum absolute atomic E-state index is 12.1. The minimum Gasteiger partial charge on any atom is -0.308 e. The van der Waals surface area contributed by atoms with Crippen LogP contribution in [0.25, 0.3) is 22.0 Å². The van der Waals surface area contributed by atoms with Crippen LogP contribution in [0.2, 0.25) is 0 Å². The Morgan fingerprint density at radius 1 is 1.17 bits per heavy atom. The minimum atomic E-state index is -3.29. The molecule has 0 saturated heterocycles. The zero-order chi connectivity index (χ0) is 21.3. The lowest BCUT2D eigenvalue weighted by molar-refractivity contribution is -0.117. The molecule has 0 atom stereocenters. The first-order valence-corrected chi connectivity index (χ1v) is 11.8. The SMILES string of the molecule is CC(C)CS(=O)(=O)NCc1cccc(-c2ccc3c(NC(=O)C4CC4)n[nH]c3c2)c1. The van der Waals surface area contributed by atoms with Gasteiger partial charge in [0.25, 0.3) is 0 Å². The number of amides is 1. The third-order valence-electron chi connectivity index (χ3n) is 5.06. The second-order valence-corrected chi connectivity index (χ2v) is 10.1. The van der Waals surface area contributed by atoms with E-state index in [0.717, 1.165) is 40.4 Å². The van der Waals surface area contributed by atoms with Gasteiger partial charge in [0.2, 0.25) is 15.9 Å². The Morgan fingerprint density at radius 2 is 1.93 bits per heavy atom. The first kappa shape index (κ1) is 20.6. The lowest BCUT2D eigenvalue weighted by Gasteiger charge is -2.10. The van der Waals surface area contributed by atoms with Gasteiger partial charge in [-0.1, -0.05) is 38.1 Å². The largest absolute Gasteiger partial charge is 0.308 e. The summed E-state index contributed by atoms with van der Waals surface area (Å²) in [5.74, 6) is 0.899. The number of anilines is 1. The molecule has 0 bridgehead atoms. The highest BCUT2D eigenvalue weighted by molar-refractivity contribution is 7.89. The van der Waals surface area contributed by atoms with E-state index in [1.165, 1.54) is 0 Å². The molecular weight excluding hydrogens is 400 g/mol. The van der Waals surface area contributed by atoms with Gasteiger partial charge < -0.3 is 5.32 Å². The van der Waals surface area contributed by atoms with Gasteiger partial charge in [-0.05, 0) is 53.6 Å². The van der Waals surface area contributed by atoms with Crippen LogP contribution in [0.1, 0.15) is 32.3 Å². The van der Waals surface area contributed by atoms with Crippen LogP contribution < -0.4 is 10.0 Å². The number of nitrogens with one attached hydrogen (secondary N) is 3. The number of rotatable bonds is 8. The van der Waals surface area contributed by atoms with Gasteiger partial charge in [-0.3, -0.25) is 9.89 Å². The smallest absolute Gasteiger partial charge is 0.228 e. The van der Waals surface area contributed by atoms with Gasteiger partial charge in [0.1, 0.15) is 0 Å². The molecule has 4 rings (SSSR count). The zero-order valence-corrected chi connectivity index (χ0v) is 17.9. The molecule has 30 heavy (non-hydrogen) atoms. The number of nitrogens with zero attached hydrogens (tertiary/aromatic N) is 1. The third-order valence-corrected chi connectivity index (χ3v) is 6.75. The highest BCUT2D eigenvalue weighted by Crippen LogP contribution is 2.32. The molecule has 3 aromatic rings. The molecule has 1 fully saturated rings. The topological polar surface area (TPSA) is 104 Å². The molecule has 0 radical (unpaired) electrons. The van der Waals surface area contributed by atoms with Crippen molar-refractivity contribution in [1.29, 1.82) is 0 Å². The van der Waals surface area contributed by atoms with Crippen LogP contribution in [0.5, 0.6) is 0 Å². The Bertz CT molecular complexity index is 1180. The van der Waals surface area contributed by atoms with Crippen molar-refractivity contribution in [3.63, 3.8) is 0 Å². The number of hydrogen-bond donors (Lipinski definition) is 3. The number of hydrogen-bond acceptors (Lipinski definition) is 4. The van der Waals surface area contributed by atoms with Crippen LogP contribution in [-0.4, -0.2) is 30.3 Å². The Hall–Kier alpha value is -2.71. The van der Waals surface area contributed by atoms with Crippen molar-refractivity contribution in [2.45, 2.75) is 33.2 Å². The summed E-state index contributed by atoms with van der Waals surface area (Å²) < 4.78 is 26.8. The van der Waals surface area contributed by atoms with Gasteiger partial charge in [-0.15, -0.1) is 0 Å². The fourth-order valence-electron chi connectivity index (χ4n) is 3.41. The van der Waals surface area contributed by atoms with Gasteiger partial charge >= 0.3 is 0 Å². The number of fused-ring (bicyclic) bond motifs is 1. The van der Waals surface area contributed by atoms with Gasteiger partial charge in [0.05, 0.1) is 11.3 Å². The van der Waals surface area contributed by atoms with Crippen LogP contribution in [-0.2, 0) is 21.4 Å². The second kappa shape index (κ2) is 8.20. The van der Waals surface area contributed by atoms with E-state index in [0.29, 0.717) is 5.82 Å². The zero-order valence-electron chi connectivity index (χ0n) is 17.1. The van der Waals surface area contributed by atoms with Crippen molar-refractivity contribution in [1.82, 2.24) is 14.9 Å². The summed E-state index contributed by atoms with van der Waals surface area (Å²) in [6, 6.07) is 13.7. The summed E-state index contributed by atoms with van der Waals surface area (Å²) in [5.41, 5.74) is 3.69. The molecule has 0 aliphatic heterocycles. The fraction of sp³-hybridized carbons (Fsp3) is 0.364. The number of aromatic amines is 1.